The molecule has 7 heteroatoms. The van der Waals surface area contributed by atoms with Crippen LogP contribution in [0.5, 0.6) is 0 Å². The number of rotatable bonds is 8. The molecule has 0 saturated carbocycles. The molecule has 7 nitrogen and oxygen atoms in total. The molecule has 1 atom stereocenters. The molecule has 25 heavy (non-hydrogen) atoms. The van der Waals surface area contributed by atoms with Crippen molar-refractivity contribution in [3.8, 4) is 0 Å². The van der Waals surface area contributed by atoms with E-state index in [1.807, 2.05) is 26.0 Å². The van der Waals surface area contributed by atoms with E-state index in [0.29, 0.717) is 25.2 Å². The highest BCUT2D eigenvalue weighted by molar-refractivity contribution is 5.96. The van der Waals surface area contributed by atoms with Crippen LogP contribution >= 0.6 is 0 Å². The lowest BCUT2D eigenvalue weighted by atomic mass is 10.2. The predicted molar refractivity (Wildman–Crippen MR) is 96.6 cm³/mol. The Morgan fingerprint density at radius 2 is 1.80 bits per heavy atom. The molecule has 2 rings (SSSR count). The van der Waals surface area contributed by atoms with Crippen LogP contribution in [-0.4, -0.2) is 50.4 Å². The zero-order valence-electron chi connectivity index (χ0n) is 14.9. The highest BCUT2D eigenvalue weighted by Gasteiger charge is 2.21. The van der Waals surface area contributed by atoms with E-state index in [1.54, 1.807) is 17.0 Å². The van der Waals surface area contributed by atoms with E-state index in [1.165, 1.54) is 0 Å². The molecular formula is C18H27N4O3+. The van der Waals surface area contributed by atoms with E-state index < -0.39 is 0 Å². The zero-order chi connectivity index (χ0) is 18.2. The molecule has 136 valence electrons. The smallest absolute Gasteiger partial charge is 0.279 e. The fourth-order valence-electron chi connectivity index (χ4n) is 2.88. The number of benzene rings is 1. The van der Waals surface area contributed by atoms with Gasteiger partial charge in [-0.15, -0.1) is 0 Å². The molecule has 1 fully saturated rings. The summed E-state index contributed by atoms with van der Waals surface area (Å²) in [6.45, 7) is 6.38. The number of hydrogen-bond donors (Lipinski definition) is 3. The molecule has 0 aliphatic carbocycles. The van der Waals surface area contributed by atoms with Crippen LogP contribution in [-0.2, 0) is 14.4 Å². The number of quaternary nitrogens is 1. The third kappa shape index (κ3) is 5.56. The lowest BCUT2D eigenvalue weighted by molar-refractivity contribution is -0.881. The molecule has 0 radical (unpaired) electrons. The third-order valence-electron chi connectivity index (χ3n) is 4.23. The lowest BCUT2D eigenvalue weighted by Crippen LogP contribution is -3.14. The van der Waals surface area contributed by atoms with Crippen LogP contribution in [0.3, 0.4) is 0 Å². The number of likely N-dealkylation sites (N-methyl/N-ethyl adjacent to an activating group) is 2. The highest BCUT2D eigenvalue weighted by atomic mass is 16.2. The molecule has 1 aromatic carbocycles. The third-order valence-corrected chi connectivity index (χ3v) is 4.23. The number of amides is 3. The van der Waals surface area contributed by atoms with E-state index in [9.17, 15) is 14.4 Å². The van der Waals surface area contributed by atoms with Crippen molar-refractivity contribution in [2.24, 2.45) is 0 Å². The first-order valence-corrected chi connectivity index (χ1v) is 8.84. The molecule has 1 heterocycles. The molecular weight excluding hydrogens is 320 g/mol. The summed E-state index contributed by atoms with van der Waals surface area (Å²) in [5.41, 5.74) is 1.55. The van der Waals surface area contributed by atoms with Crippen molar-refractivity contribution in [2.75, 3.05) is 42.9 Å². The van der Waals surface area contributed by atoms with Crippen LogP contribution in [0.25, 0.3) is 0 Å². The maximum atomic E-state index is 12.2. The average Bonchev–Trinajstić information content (AvgIpc) is 3.01. The van der Waals surface area contributed by atoms with E-state index in [-0.39, 0.29) is 30.8 Å². The van der Waals surface area contributed by atoms with E-state index in [4.69, 9.17) is 0 Å². The second kappa shape index (κ2) is 9.17. The minimum absolute atomic E-state index is 0.0493. The summed E-state index contributed by atoms with van der Waals surface area (Å²) in [6, 6.07) is 7.29. The fourth-order valence-corrected chi connectivity index (χ4v) is 2.88. The molecule has 3 N–H and O–H groups in total. The first-order valence-electron chi connectivity index (χ1n) is 8.84. The minimum Gasteiger partial charge on any atom is -0.351 e. The van der Waals surface area contributed by atoms with E-state index >= 15 is 0 Å². The number of nitrogens with zero attached hydrogens (tertiary/aromatic N) is 1. The summed E-state index contributed by atoms with van der Waals surface area (Å²) < 4.78 is 0. The van der Waals surface area contributed by atoms with Crippen LogP contribution in [0, 0.1) is 0 Å². The van der Waals surface area contributed by atoms with Crippen molar-refractivity contribution in [3.05, 3.63) is 24.3 Å². The van der Waals surface area contributed by atoms with Gasteiger partial charge in [-0.2, -0.15) is 0 Å². The van der Waals surface area contributed by atoms with Crippen molar-refractivity contribution in [1.29, 1.82) is 0 Å². The van der Waals surface area contributed by atoms with Crippen LogP contribution in [0.1, 0.15) is 26.7 Å². The summed E-state index contributed by atoms with van der Waals surface area (Å²) in [5.74, 6) is -0.0396. The molecule has 3 amide bonds. The van der Waals surface area contributed by atoms with Gasteiger partial charge in [0.2, 0.25) is 5.91 Å². The number of carbonyl (C=O) groups excluding carboxylic acids is 3. The number of nitrogens with one attached hydrogen (secondary N) is 3. The van der Waals surface area contributed by atoms with Crippen molar-refractivity contribution in [3.63, 3.8) is 0 Å². The highest BCUT2D eigenvalue weighted by Crippen LogP contribution is 2.22. The largest absolute Gasteiger partial charge is 0.351 e. The van der Waals surface area contributed by atoms with Gasteiger partial charge in [0.05, 0.1) is 6.54 Å². The Balaban J connectivity index is 1.87. The summed E-state index contributed by atoms with van der Waals surface area (Å²) in [5, 5.41) is 5.59. The second-order valence-electron chi connectivity index (χ2n) is 6.15. The Morgan fingerprint density at radius 3 is 2.36 bits per heavy atom. The van der Waals surface area contributed by atoms with Crippen molar-refractivity contribution >= 4 is 29.1 Å². The van der Waals surface area contributed by atoms with Gasteiger partial charge < -0.3 is 20.4 Å². The van der Waals surface area contributed by atoms with Gasteiger partial charge >= 0.3 is 0 Å². The normalized spacial score (nSPS) is 15.1. The maximum Gasteiger partial charge on any atom is 0.279 e. The SMILES string of the molecule is CCNC(=O)C[NH+](CC)CC(=O)Nc1ccc(N2CCCC2=O)cc1. The molecule has 1 unspecified atom stereocenters. The van der Waals surface area contributed by atoms with E-state index in [0.717, 1.165) is 23.6 Å². The molecule has 0 spiro atoms. The number of hydrogen-bond acceptors (Lipinski definition) is 3. The number of anilines is 2. The maximum absolute atomic E-state index is 12.2. The average molecular weight is 347 g/mol. The van der Waals surface area contributed by atoms with Gasteiger partial charge in [0.1, 0.15) is 0 Å². The lowest BCUT2D eigenvalue weighted by Gasteiger charge is -2.18. The standard InChI is InChI=1S/C18H26N4O3/c1-3-19-16(23)12-21(4-2)13-17(24)20-14-7-9-15(10-8-14)22-11-5-6-18(22)25/h7-10H,3-6,11-13H2,1-2H3,(H,19,23)(H,20,24)/p+1. The Hall–Kier alpha value is -2.41. The topological polar surface area (TPSA) is 82.9 Å². The van der Waals surface area contributed by atoms with Crippen LogP contribution < -0.4 is 20.4 Å². The summed E-state index contributed by atoms with van der Waals surface area (Å²) in [6.07, 6.45) is 1.48. The van der Waals surface area contributed by atoms with Gasteiger partial charge in [-0.1, -0.05) is 0 Å². The monoisotopic (exact) mass is 347 g/mol. The molecule has 0 aromatic heterocycles. The first-order chi connectivity index (χ1) is 12.0. The molecule has 1 aliphatic rings. The van der Waals surface area contributed by atoms with Gasteiger partial charge in [-0.05, 0) is 44.5 Å². The summed E-state index contributed by atoms with van der Waals surface area (Å²) in [4.78, 5) is 38.2. The van der Waals surface area contributed by atoms with Crippen LogP contribution in [0.4, 0.5) is 11.4 Å². The molecule has 0 bridgehead atoms. The van der Waals surface area contributed by atoms with E-state index in [2.05, 4.69) is 10.6 Å². The van der Waals surface area contributed by atoms with Gasteiger partial charge in [0.25, 0.3) is 11.8 Å². The Morgan fingerprint density at radius 1 is 1.12 bits per heavy atom. The van der Waals surface area contributed by atoms with Crippen LogP contribution in [0.15, 0.2) is 24.3 Å². The Bertz CT molecular complexity index is 615. The predicted octanol–water partition coefficient (Wildman–Crippen LogP) is -0.207. The fraction of sp³-hybridized carbons (Fsp3) is 0.500. The Labute approximate surface area is 148 Å². The second-order valence-corrected chi connectivity index (χ2v) is 6.15. The summed E-state index contributed by atoms with van der Waals surface area (Å²) in [7, 11) is 0. The molecule has 1 aromatic rings. The van der Waals surface area contributed by atoms with Gasteiger partial charge in [0.15, 0.2) is 13.1 Å². The minimum atomic E-state index is -0.133. The van der Waals surface area contributed by atoms with Crippen molar-refractivity contribution in [1.82, 2.24) is 5.32 Å². The number of carbonyl (C=O) groups is 3. The van der Waals surface area contributed by atoms with Gasteiger partial charge in [-0.25, -0.2) is 0 Å². The zero-order valence-corrected chi connectivity index (χ0v) is 14.9. The quantitative estimate of drug-likeness (QED) is 0.609. The molecule has 1 saturated heterocycles. The molecule has 1 aliphatic heterocycles. The summed E-state index contributed by atoms with van der Waals surface area (Å²) >= 11 is 0. The van der Waals surface area contributed by atoms with Gasteiger partial charge in [-0.3, -0.25) is 14.4 Å². The van der Waals surface area contributed by atoms with Crippen molar-refractivity contribution < 1.29 is 19.3 Å². The van der Waals surface area contributed by atoms with Gasteiger partial charge in [0, 0.05) is 30.9 Å². The Kier molecular flexibility index (Phi) is 6.94. The first kappa shape index (κ1) is 18.9. The van der Waals surface area contributed by atoms with Crippen molar-refractivity contribution in [2.45, 2.75) is 26.7 Å². The van der Waals surface area contributed by atoms with Crippen LogP contribution in [0.2, 0.25) is 0 Å².